The number of anilines is 2. The van der Waals surface area contributed by atoms with Gasteiger partial charge in [0.25, 0.3) is 0 Å². The summed E-state index contributed by atoms with van der Waals surface area (Å²) < 4.78 is 0. The molecule has 0 N–H and O–H groups in total. The average Bonchev–Trinajstić information content (AvgIpc) is 2.56. The molecule has 3 nitrogen and oxygen atoms in total. The van der Waals surface area contributed by atoms with E-state index in [4.69, 9.17) is 23.2 Å². The van der Waals surface area contributed by atoms with E-state index in [0.717, 1.165) is 34.7 Å². The summed E-state index contributed by atoms with van der Waals surface area (Å²) in [6, 6.07) is 9.98. The van der Waals surface area contributed by atoms with Crippen LogP contribution in [0.5, 0.6) is 0 Å². The van der Waals surface area contributed by atoms with Crippen molar-refractivity contribution in [3.63, 3.8) is 0 Å². The number of halogens is 2. The second kappa shape index (κ2) is 7.91. The van der Waals surface area contributed by atoms with E-state index in [1.54, 1.807) is 6.34 Å². The topological polar surface area (TPSA) is 18.8 Å². The zero-order chi connectivity index (χ0) is 17.9. The average molecular weight is 364 g/mol. The Morgan fingerprint density at radius 1 is 1.00 bits per heavy atom. The number of hydrogen-bond acceptors (Lipinski definition) is 2. The van der Waals surface area contributed by atoms with Gasteiger partial charge < -0.3 is 9.80 Å². The standard InChI is InChI=1S/C19H23Cl2N3/c1-6-23(4)12-22-16-9-14(3)11-18(19(16)21)24(5)17-10-13(2)7-8-15(17)20/h7-12H,6H2,1-5H3. The van der Waals surface area contributed by atoms with Crippen molar-refractivity contribution in [3.05, 3.63) is 51.5 Å². The van der Waals surface area contributed by atoms with Crippen LogP contribution in [0.1, 0.15) is 18.1 Å². The van der Waals surface area contributed by atoms with Crippen LogP contribution in [0.25, 0.3) is 0 Å². The highest BCUT2D eigenvalue weighted by Crippen LogP contribution is 2.40. The van der Waals surface area contributed by atoms with E-state index >= 15 is 0 Å². The van der Waals surface area contributed by atoms with Gasteiger partial charge in [0.15, 0.2) is 0 Å². The van der Waals surface area contributed by atoms with Crippen LogP contribution in [0.15, 0.2) is 35.3 Å². The molecule has 0 aliphatic rings. The fourth-order valence-electron chi connectivity index (χ4n) is 2.32. The number of aliphatic imine (C=N–C) groups is 1. The van der Waals surface area contributed by atoms with Gasteiger partial charge >= 0.3 is 0 Å². The van der Waals surface area contributed by atoms with Crippen molar-refractivity contribution in [2.24, 2.45) is 4.99 Å². The van der Waals surface area contributed by atoms with Crippen molar-refractivity contribution >= 4 is 46.6 Å². The quantitative estimate of drug-likeness (QED) is 0.479. The van der Waals surface area contributed by atoms with Gasteiger partial charge in [0.2, 0.25) is 0 Å². The zero-order valence-corrected chi connectivity index (χ0v) is 16.3. The molecule has 128 valence electrons. The predicted molar refractivity (Wildman–Crippen MR) is 107 cm³/mol. The largest absolute Gasteiger partial charge is 0.366 e. The highest BCUT2D eigenvalue weighted by molar-refractivity contribution is 6.36. The van der Waals surface area contributed by atoms with Gasteiger partial charge in [-0.1, -0.05) is 29.3 Å². The van der Waals surface area contributed by atoms with Crippen LogP contribution in [0, 0.1) is 13.8 Å². The molecule has 0 amide bonds. The van der Waals surface area contributed by atoms with Gasteiger partial charge in [-0.2, -0.15) is 0 Å². The maximum absolute atomic E-state index is 6.63. The molecule has 2 aromatic rings. The molecule has 0 radical (unpaired) electrons. The van der Waals surface area contributed by atoms with Gasteiger partial charge in [-0.3, -0.25) is 0 Å². The van der Waals surface area contributed by atoms with Crippen molar-refractivity contribution in [2.45, 2.75) is 20.8 Å². The summed E-state index contributed by atoms with van der Waals surface area (Å²) in [6.45, 7) is 7.04. The SMILES string of the molecule is CCN(C)C=Nc1cc(C)cc(N(C)c2cc(C)ccc2Cl)c1Cl. The highest BCUT2D eigenvalue weighted by atomic mass is 35.5. The molecule has 0 atom stereocenters. The van der Waals surface area contributed by atoms with Crippen LogP contribution >= 0.6 is 23.2 Å². The smallest absolute Gasteiger partial charge is 0.0910 e. The molecule has 2 aromatic carbocycles. The Bertz CT molecular complexity index is 757. The van der Waals surface area contributed by atoms with Crippen LogP contribution in [-0.2, 0) is 0 Å². The first-order chi connectivity index (χ1) is 11.3. The highest BCUT2D eigenvalue weighted by Gasteiger charge is 2.15. The monoisotopic (exact) mass is 363 g/mol. The van der Waals surface area contributed by atoms with Crippen LogP contribution in [-0.4, -0.2) is 31.9 Å². The van der Waals surface area contributed by atoms with Gasteiger partial charge in [-0.25, -0.2) is 4.99 Å². The lowest BCUT2D eigenvalue weighted by Crippen LogP contribution is -2.14. The van der Waals surface area contributed by atoms with E-state index in [1.165, 1.54) is 0 Å². The molecule has 5 heteroatoms. The second-order valence-corrected chi connectivity index (χ2v) is 6.73. The van der Waals surface area contributed by atoms with Crippen molar-refractivity contribution < 1.29 is 0 Å². The van der Waals surface area contributed by atoms with Crippen molar-refractivity contribution in [3.8, 4) is 0 Å². The molecule has 0 heterocycles. The first-order valence-electron chi connectivity index (χ1n) is 7.88. The summed E-state index contributed by atoms with van der Waals surface area (Å²) in [6.07, 6.45) is 1.80. The molecule has 0 saturated carbocycles. The second-order valence-electron chi connectivity index (χ2n) is 5.95. The van der Waals surface area contributed by atoms with E-state index in [2.05, 4.69) is 18.0 Å². The molecule has 0 aliphatic carbocycles. The Morgan fingerprint density at radius 2 is 1.67 bits per heavy atom. The van der Waals surface area contributed by atoms with Crippen LogP contribution in [0.2, 0.25) is 10.0 Å². The number of hydrogen-bond donors (Lipinski definition) is 0. The lowest BCUT2D eigenvalue weighted by molar-refractivity contribution is 0.552. The zero-order valence-electron chi connectivity index (χ0n) is 14.8. The van der Waals surface area contributed by atoms with E-state index in [1.807, 2.05) is 62.0 Å². The molecule has 0 unspecified atom stereocenters. The number of rotatable bonds is 5. The van der Waals surface area contributed by atoms with E-state index < -0.39 is 0 Å². The predicted octanol–water partition coefficient (Wildman–Crippen LogP) is 5.99. The molecule has 0 aliphatic heterocycles. The summed E-state index contributed by atoms with van der Waals surface area (Å²) in [7, 11) is 3.94. The Balaban J connectivity index is 2.48. The lowest BCUT2D eigenvalue weighted by Gasteiger charge is -2.23. The maximum atomic E-state index is 6.63. The van der Waals surface area contributed by atoms with Crippen molar-refractivity contribution in [1.29, 1.82) is 0 Å². The normalized spacial score (nSPS) is 11.1. The molecule has 0 spiro atoms. The van der Waals surface area contributed by atoms with E-state index in [0.29, 0.717) is 10.0 Å². The summed E-state index contributed by atoms with van der Waals surface area (Å²) in [5, 5.41) is 1.30. The van der Waals surface area contributed by atoms with Gasteiger partial charge in [-0.15, -0.1) is 0 Å². The first-order valence-corrected chi connectivity index (χ1v) is 8.63. The minimum Gasteiger partial charge on any atom is -0.366 e. The third kappa shape index (κ3) is 4.22. The van der Waals surface area contributed by atoms with E-state index in [-0.39, 0.29) is 0 Å². The molecule has 0 aromatic heterocycles. The summed E-state index contributed by atoms with van der Waals surface area (Å²) in [4.78, 5) is 8.53. The van der Waals surface area contributed by atoms with Gasteiger partial charge in [0.05, 0.1) is 33.4 Å². The summed E-state index contributed by atoms with van der Waals surface area (Å²) in [5.41, 5.74) is 4.80. The fourth-order valence-corrected chi connectivity index (χ4v) is 2.85. The maximum Gasteiger partial charge on any atom is 0.0910 e. The third-order valence-corrected chi connectivity index (χ3v) is 4.60. The van der Waals surface area contributed by atoms with Gasteiger partial charge in [-0.05, 0) is 56.2 Å². The molecule has 0 fully saturated rings. The minimum atomic E-state index is 0.612. The third-order valence-electron chi connectivity index (χ3n) is 3.90. The van der Waals surface area contributed by atoms with Gasteiger partial charge in [0, 0.05) is 20.6 Å². The summed E-state index contributed by atoms with van der Waals surface area (Å²) in [5.74, 6) is 0. The van der Waals surface area contributed by atoms with Crippen LogP contribution in [0.3, 0.4) is 0 Å². The molecule has 0 bridgehead atoms. The van der Waals surface area contributed by atoms with Crippen LogP contribution in [0.4, 0.5) is 17.1 Å². The number of nitrogens with zero attached hydrogens (tertiary/aromatic N) is 3. The summed E-state index contributed by atoms with van der Waals surface area (Å²) >= 11 is 13.0. The van der Waals surface area contributed by atoms with E-state index in [9.17, 15) is 0 Å². The van der Waals surface area contributed by atoms with Crippen molar-refractivity contribution in [1.82, 2.24) is 4.90 Å². The fraction of sp³-hybridized carbons (Fsp3) is 0.316. The first kappa shape index (κ1) is 18.6. The van der Waals surface area contributed by atoms with Crippen LogP contribution < -0.4 is 4.90 Å². The Kier molecular flexibility index (Phi) is 6.14. The Morgan fingerprint density at radius 3 is 2.33 bits per heavy atom. The molecular formula is C19H23Cl2N3. The molecule has 2 rings (SSSR count). The number of benzene rings is 2. The molecule has 24 heavy (non-hydrogen) atoms. The molecular weight excluding hydrogens is 341 g/mol. The Hall–Kier alpha value is -1.71. The minimum absolute atomic E-state index is 0.612. The lowest BCUT2D eigenvalue weighted by atomic mass is 10.1. The van der Waals surface area contributed by atoms with Crippen molar-refractivity contribution in [2.75, 3.05) is 25.5 Å². The number of aryl methyl sites for hydroxylation is 2. The Labute approximate surface area is 154 Å². The molecule has 0 saturated heterocycles. The van der Waals surface area contributed by atoms with Gasteiger partial charge in [0.1, 0.15) is 0 Å².